The molecule has 0 bridgehead atoms. The first-order chi connectivity index (χ1) is 12.5. The van der Waals surface area contributed by atoms with Crippen LogP contribution in [0, 0.1) is 0 Å². The van der Waals surface area contributed by atoms with Gasteiger partial charge in [0.15, 0.2) is 11.2 Å². The van der Waals surface area contributed by atoms with E-state index in [0.717, 1.165) is 44.9 Å². The molecule has 26 heavy (non-hydrogen) atoms. The summed E-state index contributed by atoms with van der Waals surface area (Å²) in [5.74, 6) is 0.182. The molecule has 1 fully saturated rings. The molecule has 0 aromatic carbocycles. The zero-order valence-electron chi connectivity index (χ0n) is 15.7. The van der Waals surface area contributed by atoms with Gasteiger partial charge in [0.05, 0.1) is 6.33 Å². The third-order valence-electron chi connectivity index (χ3n) is 5.01. The summed E-state index contributed by atoms with van der Waals surface area (Å²) in [6, 6.07) is 0.170. The first-order valence-electron chi connectivity index (χ1n) is 9.74. The van der Waals surface area contributed by atoms with Gasteiger partial charge in [-0.25, -0.2) is 9.78 Å². The summed E-state index contributed by atoms with van der Waals surface area (Å²) in [6.45, 7) is 4.79. The number of Topliss-reactive ketones (excluding diaryl/α,β-unsaturated/α-hetero) is 1. The monoisotopic (exact) mass is 360 g/mol. The maximum absolute atomic E-state index is 13.0. The third-order valence-corrected chi connectivity index (χ3v) is 5.01. The van der Waals surface area contributed by atoms with Crippen LogP contribution < -0.4 is 11.2 Å². The van der Waals surface area contributed by atoms with Gasteiger partial charge >= 0.3 is 5.69 Å². The number of hydrogen-bond donors (Lipinski definition) is 0. The van der Waals surface area contributed by atoms with E-state index in [9.17, 15) is 14.4 Å². The van der Waals surface area contributed by atoms with Gasteiger partial charge in [0, 0.05) is 25.6 Å². The van der Waals surface area contributed by atoms with Gasteiger partial charge in [-0.2, -0.15) is 0 Å². The summed E-state index contributed by atoms with van der Waals surface area (Å²) in [6.07, 6.45) is 8.62. The topological polar surface area (TPSA) is 78.9 Å². The molecule has 2 aromatic heterocycles. The van der Waals surface area contributed by atoms with E-state index in [0.29, 0.717) is 30.7 Å². The van der Waals surface area contributed by atoms with Crippen LogP contribution in [0.15, 0.2) is 15.9 Å². The average molecular weight is 360 g/mol. The predicted octanol–water partition coefficient (Wildman–Crippen LogP) is 2.64. The Bertz CT molecular complexity index is 902. The first kappa shape index (κ1) is 18.6. The van der Waals surface area contributed by atoms with Crippen molar-refractivity contribution in [1.29, 1.82) is 0 Å². The smallest absolute Gasteiger partial charge is 0.325 e. The summed E-state index contributed by atoms with van der Waals surface area (Å²) in [5.41, 5.74) is 0.585. The number of carbonyl (C=O) groups is 1. The van der Waals surface area contributed by atoms with Crippen molar-refractivity contribution in [1.82, 2.24) is 18.7 Å². The normalized spacial score (nSPS) is 14.2. The number of carbonyl (C=O) groups excluding carboxylic acids is 1. The number of nitrogens with zero attached hydrogens (tertiary/aromatic N) is 4. The van der Waals surface area contributed by atoms with Crippen molar-refractivity contribution in [2.75, 3.05) is 0 Å². The van der Waals surface area contributed by atoms with E-state index >= 15 is 0 Å². The molecule has 142 valence electrons. The highest BCUT2D eigenvalue weighted by Gasteiger charge is 2.30. The minimum Gasteiger partial charge on any atom is -0.325 e. The van der Waals surface area contributed by atoms with Gasteiger partial charge in [-0.05, 0) is 39.0 Å². The van der Waals surface area contributed by atoms with E-state index in [1.807, 2.05) is 4.57 Å². The van der Waals surface area contributed by atoms with E-state index in [1.54, 1.807) is 17.8 Å². The number of ketones is 1. The molecule has 0 radical (unpaired) electrons. The Labute approximate surface area is 152 Å². The van der Waals surface area contributed by atoms with Gasteiger partial charge in [0.2, 0.25) is 0 Å². The van der Waals surface area contributed by atoms with Crippen molar-refractivity contribution >= 4 is 16.9 Å². The second-order valence-electron chi connectivity index (χ2n) is 7.32. The highest BCUT2D eigenvalue weighted by Crippen LogP contribution is 2.34. The molecule has 1 aliphatic carbocycles. The molecule has 2 heterocycles. The fourth-order valence-electron chi connectivity index (χ4n) is 3.41. The van der Waals surface area contributed by atoms with Gasteiger partial charge in [0.1, 0.15) is 5.78 Å². The van der Waals surface area contributed by atoms with Crippen LogP contribution in [0.2, 0.25) is 0 Å². The second-order valence-corrected chi connectivity index (χ2v) is 7.32. The van der Waals surface area contributed by atoms with Crippen LogP contribution in [0.4, 0.5) is 0 Å². The van der Waals surface area contributed by atoms with E-state index in [1.165, 1.54) is 4.57 Å². The van der Waals surface area contributed by atoms with Crippen LogP contribution in [-0.4, -0.2) is 24.5 Å². The second kappa shape index (κ2) is 8.01. The standard InChI is InChI=1S/C19H28N4O3/c1-3-4-6-12-22-18(25)16-17(23(19(22)26)15-9-10-15)20-13-21(16)11-7-5-8-14(2)24/h13,15H,3-12H2,1-2H3. The van der Waals surface area contributed by atoms with Crippen LogP contribution in [-0.2, 0) is 17.9 Å². The van der Waals surface area contributed by atoms with E-state index in [-0.39, 0.29) is 23.1 Å². The molecular formula is C19H28N4O3. The lowest BCUT2D eigenvalue weighted by Crippen LogP contribution is -2.40. The van der Waals surface area contributed by atoms with Crippen molar-refractivity contribution in [3.05, 3.63) is 27.2 Å². The van der Waals surface area contributed by atoms with Gasteiger partial charge in [-0.3, -0.25) is 13.9 Å². The fraction of sp³-hybridized carbons (Fsp3) is 0.684. The number of aromatic nitrogens is 4. The lowest BCUT2D eigenvalue weighted by atomic mass is 10.2. The SMILES string of the molecule is CCCCCn1c(=O)c2c(ncn2CCCCC(C)=O)n(C2CC2)c1=O. The summed E-state index contributed by atoms with van der Waals surface area (Å²) in [5, 5.41) is 0. The molecule has 0 amide bonds. The Morgan fingerprint density at radius 2 is 1.88 bits per heavy atom. The minimum atomic E-state index is -0.234. The highest BCUT2D eigenvalue weighted by molar-refractivity contribution is 5.75. The first-order valence-corrected chi connectivity index (χ1v) is 9.74. The zero-order chi connectivity index (χ0) is 18.7. The molecule has 0 spiro atoms. The van der Waals surface area contributed by atoms with E-state index in [4.69, 9.17) is 0 Å². The number of rotatable bonds is 10. The highest BCUT2D eigenvalue weighted by atomic mass is 16.2. The number of aryl methyl sites for hydroxylation is 1. The molecule has 1 saturated carbocycles. The maximum Gasteiger partial charge on any atom is 0.332 e. The Balaban J connectivity index is 1.96. The molecule has 2 aromatic rings. The van der Waals surface area contributed by atoms with Crippen molar-refractivity contribution in [3.63, 3.8) is 0 Å². The minimum absolute atomic E-state index is 0.170. The van der Waals surface area contributed by atoms with Crippen molar-refractivity contribution in [2.45, 2.75) is 84.3 Å². The van der Waals surface area contributed by atoms with E-state index in [2.05, 4.69) is 11.9 Å². The van der Waals surface area contributed by atoms with Crippen LogP contribution in [0.5, 0.6) is 0 Å². The summed E-state index contributed by atoms with van der Waals surface area (Å²) < 4.78 is 4.96. The van der Waals surface area contributed by atoms with Crippen LogP contribution >= 0.6 is 0 Å². The van der Waals surface area contributed by atoms with Crippen molar-refractivity contribution < 1.29 is 4.79 Å². The Morgan fingerprint density at radius 3 is 2.54 bits per heavy atom. The summed E-state index contributed by atoms with van der Waals surface area (Å²) in [7, 11) is 0. The van der Waals surface area contributed by atoms with Crippen LogP contribution in [0.25, 0.3) is 11.2 Å². The molecule has 0 unspecified atom stereocenters. The fourth-order valence-corrected chi connectivity index (χ4v) is 3.41. The largest absolute Gasteiger partial charge is 0.332 e. The number of hydrogen-bond acceptors (Lipinski definition) is 4. The maximum atomic E-state index is 13.0. The molecule has 0 atom stereocenters. The average Bonchev–Trinajstić information content (AvgIpc) is 3.34. The molecule has 0 saturated heterocycles. The van der Waals surface area contributed by atoms with Gasteiger partial charge < -0.3 is 9.36 Å². The summed E-state index contributed by atoms with van der Waals surface area (Å²) in [4.78, 5) is 41.4. The lowest BCUT2D eigenvalue weighted by molar-refractivity contribution is -0.117. The lowest BCUT2D eigenvalue weighted by Gasteiger charge is -2.12. The van der Waals surface area contributed by atoms with Crippen LogP contribution in [0.3, 0.4) is 0 Å². The van der Waals surface area contributed by atoms with Gasteiger partial charge in [-0.1, -0.05) is 19.8 Å². The van der Waals surface area contributed by atoms with Gasteiger partial charge in [-0.15, -0.1) is 0 Å². The molecule has 7 heteroatoms. The quantitative estimate of drug-likeness (QED) is 0.610. The van der Waals surface area contributed by atoms with Crippen molar-refractivity contribution in [3.8, 4) is 0 Å². The molecule has 7 nitrogen and oxygen atoms in total. The van der Waals surface area contributed by atoms with Gasteiger partial charge in [0.25, 0.3) is 5.56 Å². The summed E-state index contributed by atoms with van der Waals surface area (Å²) >= 11 is 0. The van der Waals surface area contributed by atoms with Crippen LogP contribution in [0.1, 0.15) is 71.3 Å². The molecular weight excluding hydrogens is 332 g/mol. The Kier molecular flexibility index (Phi) is 5.74. The number of imidazole rings is 1. The van der Waals surface area contributed by atoms with Crippen molar-refractivity contribution in [2.24, 2.45) is 0 Å². The Morgan fingerprint density at radius 1 is 1.15 bits per heavy atom. The molecule has 0 N–H and O–H groups in total. The third kappa shape index (κ3) is 3.81. The molecule has 0 aliphatic heterocycles. The zero-order valence-corrected chi connectivity index (χ0v) is 15.7. The van der Waals surface area contributed by atoms with E-state index < -0.39 is 0 Å². The Hall–Kier alpha value is -2.18. The molecule has 1 aliphatic rings. The predicted molar refractivity (Wildman–Crippen MR) is 101 cm³/mol. The number of unbranched alkanes of at least 4 members (excludes halogenated alkanes) is 3. The number of fused-ring (bicyclic) bond motifs is 1. The molecule has 3 rings (SSSR count).